The summed E-state index contributed by atoms with van der Waals surface area (Å²) in [5.41, 5.74) is 5.32. The third kappa shape index (κ3) is 25.8. The van der Waals surface area contributed by atoms with Gasteiger partial charge in [-0.15, -0.1) is 0 Å². The van der Waals surface area contributed by atoms with Crippen LogP contribution in [-0.4, -0.2) is 72.6 Å². The van der Waals surface area contributed by atoms with E-state index in [0.717, 1.165) is 13.0 Å². The van der Waals surface area contributed by atoms with Gasteiger partial charge in [0, 0.05) is 13.2 Å². The average Bonchev–Trinajstić information content (AvgIpc) is 2.71. The SMILES string of the molecule is CCCCCCCCCCCCOCCOCCOCCOCCOCCN. The minimum Gasteiger partial charge on any atom is -0.379 e. The first kappa shape index (κ1) is 27.8. The van der Waals surface area contributed by atoms with Gasteiger partial charge in [-0.25, -0.2) is 0 Å². The summed E-state index contributed by atoms with van der Waals surface area (Å²) in [6.45, 7) is 9.06. The fourth-order valence-corrected chi connectivity index (χ4v) is 2.76. The van der Waals surface area contributed by atoms with Crippen molar-refractivity contribution >= 4 is 0 Å². The van der Waals surface area contributed by atoms with Crippen molar-refractivity contribution in [3.8, 4) is 0 Å². The minimum atomic E-state index is 0.549. The Bertz CT molecular complexity index is 243. The Morgan fingerprint density at radius 3 is 1.11 bits per heavy atom. The Kier molecular flexibility index (Phi) is 26.5. The molecule has 0 aromatic rings. The second-order valence-electron chi connectivity index (χ2n) is 7.03. The van der Waals surface area contributed by atoms with Crippen molar-refractivity contribution in [1.29, 1.82) is 0 Å². The summed E-state index contributed by atoms with van der Waals surface area (Å²) in [5.74, 6) is 0. The van der Waals surface area contributed by atoms with E-state index in [4.69, 9.17) is 29.4 Å². The molecule has 0 rings (SSSR count). The number of hydrogen-bond donors (Lipinski definition) is 1. The molecule has 0 amide bonds. The topological polar surface area (TPSA) is 72.2 Å². The Morgan fingerprint density at radius 1 is 0.393 bits per heavy atom. The monoisotopic (exact) mass is 405 g/mol. The van der Waals surface area contributed by atoms with Crippen molar-refractivity contribution in [2.45, 2.75) is 71.1 Å². The molecule has 0 saturated heterocycles. The highest BCUT2D eigenvalue weighted by Gasteiger charge is 1.95. The Hall–Kier alpha value is -0.240. The predicted octanol–water partition coefficient (Wildman–Crippen LogP) is 3.95. The zero-order valence-corrected chi connectivity index (χ0v) is 18.5. The molecule has 0 fully saturated rings. The smallest absolute Gasteiger partial charge is 0.0701 e. The van der Waals surface area contributed by atoms with Gasteiger partial charge in [0.1, 0.15) is 0 Å². The van der Waals surface area contributed by atoms with Crippen molar-refractivity contribution in [2.24, 2.45) is 5.73 Å². The molecule has 2 N–H and O–H groups in total. The number of nitrogens with two attached hydrogens (primary N) is 1. The molecular weight excluding hydrogens is 358 g/mol. The molecule has 0 atom stereocenters. The second kappa shape index (κ2) is 26.8. The van der Waals surface area contributed by atoms with Crippen LogP contribution < -0.4 is 5.73 Å². The summed E-state index contributed by atoms with van der Waals surface area (Å²) in [6, 6.07) is 0. The summed E-state index contributed by atoms with van der Waals surface area (Å²) in [5, 5.41) is 0. The lowest BCUT2D eigenvalue weighted by Crippen LogP contribution is -2.14. The quantitative estimate of drug-likeness (QED) is 0.232. The van der Waals surface area contributed by atoms with Crippen LogP contribution in [0, 0.1) is 0 Å². The lowest BCUT2D eigenvalue weighted by Gasteiger charge is -2.08. The summed E-state index contributed by atoms with van der Waals surface area (Å²) in [7, 11) is 0. The van der Waals surface area contributed by atoms with Crippen LogP contribution in [-0.2, 0) is 23.7 Å². The summed E-state index contributed by atoms with van der Waals surface area (Å²) in [6.07, 6.45) is 13.5. The van der Waals surface area contributed by atoms with Crippen molar-refractivity contribution < 1.29 is 23.7 Å². The van der Waals surface area contributed by atoms with E-state index >= 15 is 0 Å². The van der Waals surface area contributed by atoms with E-state index < -0.39 is 0 Å². The maximum absolute atomic E-state index is 5.60. The molecule has 0 aliphatic heterocycles. The first-order valence-corrected chi connectivity index (χ1v) is 11.5. The number of unbranched alkanes of at least 4 members (excludes halogenated alkanes) is 9. The summed E-state index contributed by atoms with van der Waals surface area (Å²) in [4.78, 5) is 0. The van der Waals surface area contributed by atoms with Crippen LogP contribution in [0.2, 0.25) is 0 Å². The fraction of sp³-hybridized carbons (Fsp3) is 1.00. The van der Waals surface area contributed by atoms with Crippen LogP contribution in [0.5, 0.6) is 0 Å². The van der Waals surface area contributed by atoms with Gasteiger partial charge in [0.2, 0.25) is 0 Å². The zero-order chi connectivity index (χ0) is 20.4. The number of rotatable bonds is 25. The van der Waals surface area contributed by atoms with E-state index in [0.29, 0.717) is 66.0 Å². The molecule has 0 bridgehead atoms. The van der Waals surface area contributed by atoms with Gasteiger partial charge < -0.3 is 29.4 Å². The first-order chi connectivity index (χ1) is 13.9. The predicted molar refractivity (Wildman–Crippen MR) is 115 cm³/mol. The van der Waals surface area contributed by atoms with Gasteiger partial charge in [-0.1, -0.05) is 64.7 Å². The second-order valence-corrected chi connectivity index (χ2v) is 7.03. The van der Waals surface area contributed by atoms with Crippen LogP contribution in [0.1, 0.15) is 71.1 Å². The van der Waals surface area contributed by atoms with Crippen molar-refractivity contribution in [1.82, 2.24) is 0 Å². The normalized spacial score (nSPS) is 11.4. The standard InChI is InChI=1S/C22H47NO5/c1-2-3-4-5-6-7-8-9-10-11-13-24-15-17-26-19-21-28-22-20-27-18-16-25-14-12-23/h2-23H2,1H3. The van der Waals surface area contributed by atoms with E-state index in [2.05, 4.69) is 6.92 Å². The molecular formula is C22H47NO5. The zero-order valence-electron chi connectivity index (χ0n) is 18.5. The lowest BCUT2D eigenvalue weighted by molar-refractivity contribution is -0.0107. The number of hydrogen-bond acceptors (Lipinski definition) is 6. The molecule has 0 aromatic carbocycles. The van der Waals surface area contributed by atoms with Crippen molar-refractivity contribution in [2.75, 3.05) is 72.6 Å². The maximum Gasteiger partial charge on any atom is 0.0701 e. The molecule has 0 spiro atoms. The van der Waals surface area contributed by atoms with Gasteiger partial charge in [0.25, 0.3) is 0 Å². The number of ether oxygens (including phenoxy) is 5. The molecule has 170 valence electrons. The van der Waals surface area contributed by atoms with Gasteiger partial charge in [-0.05, 0) is 6.42 Å². The van der Waals surface area contributed by atoms with E-state index in [-0.39, 0.29) is 0 Å². The van der Waals surface area contributed by atoms with E-state index in [9.17, 15) is 0 Å². The van der Waals surface area contributed by atoms with Crippen molar-refractivity contribution in [3.63, 3.8) is 0 Å². The Balaban J connectivity index is 2.96. The first-order valence-electron chi connectivity index (χ1n) is 11.5. The molecule has 28 heavy (non-hydrogen) atoms. The Morgan fingerprint density at radius 2 is 0.714 bits per heavy atom. The van der Waals surface area contributed by atoms with Crippen LogP contribution in [0.4, 0.5) is 0 Å². The Labute approximate surface area is 173 Å². The van der Waals surface area contributed by atoms with E-state index in [1.807, 2.05) is 0 Å². The molecule has 0 aromatic heterocycles. The van der Waals surface area contributed by atoms with E-state index in [1.165, 1.54) is 57.8 Å². The maximum atomic E-state index is 5.60. The molecule has 0 aliphatic rings. The van der Waals surface area contributed by atoms with Crippen LogP contribution in [0.25, 0.3) is 0 Å². The van der Waals surface area contributed by atoms with E-state index in [1.54, 1.807) is 0 Å². The van der Waals surface area contributed by atoms with Crippen molar-refractivity contribution in [3.05, 3.63) is 0 Å². The average molecular weight is 406 g/mol. The molecule has 0 saturated carbocycles. The molecule has 6 heteroatoms. The third-order valence-electron chi connectivity index (χ3n) is 4.39. The van der Waals surface area contributed by atoms with Gasteiger partial charge in [-0.2, -0.15) is 0 Å². The van der Waals surface area contributed by atoms with Crippen LogP contribution in [0.15, 0.2) is 0 Å². The highest BCUT2D eigenvalue weighted by molar-refractivity contribution is 4.47. The fourth-order valence-electron chi connectivity index (χ4n) is 2.76. The molecule has 0 unspecified atom stereocenters. The van der Waals surface area contributed by atoms with Gasteiger partial charge in [0.15, 0.2) is 0 Å². The molecule has 0 radical (unpaired) electrons. The van der Waals surface area contributed by atoms with Gasteiger partial charge >= 0.3 is 0 Å². The third-order valence-corrected chi connectivity index (χ3v) is 4.39. The highest BCUT2D eigenvalue weighted by Crippen LogP contribution is 2.10. The largest absolute Gasteiger partial charge is 0.379 e. The van der Waals surface area contributed by atoms with Crippen LogP contribution in [0.3, 0.4) is 0 Å². The molecule has 0 aliphatic carbocycles. The molecule has 6 nitrogen and oxygen atoms in total. The highest BCUT2D eigenvalue weighted by atomic mass is 16.6. The summed E-state index contributed by atoms with van der Waals surface area (Å²) >= 11 is 0. The minimum absolute atomic E-state index is 0.549. The van der Waals surface area contributed by atoms with Gasteiger partial charge in [-0.3, -0.25) is 0 Å². The molecule has 0 heterocycles. The van der Waals surface area contributed by atoms with Crippen LogP contribution >= 0.6 is 0 Å². The van der Waals surface area contributed by atoms with Gasteiger partial charge in [0.05, 0.1) is 59.5 Å². The lowest BCUT2D eigenvalue weighted by atomic mass is 10.1. The summed E-state index contributed by atoms with van der Waals surface area (Å²) < 4.78 is 27.1.